The third-order valence-electron chi connectivity index (χ3n) is 2.81. The van der Waals surface area contributed by atoms with Crippen LogP contribution in [0, 0.1) is 0 Å². The SMILES string of the molecule is CCN1CCC=C(CCC(C)(C)O)C1. The topological polar surface area (TPSA) is 23.5 Å². The summed E-state index contributed by atoms with van der Waals surface area (Å²) in [5, 5.41) is 9.63. The summed E-state index contributed by atoms with van der Waals surface area (Å²) in [6, 6.07) is 0. The molecule has 0 aromatic heterocycles. The van der Waals surface area contributed by atoms with Gasteiger partial charge in [0.05, 0.1) is 5.60 Å². The maximum absolute atomic E-state index is 9.63. The minimum absolute atomic E-state index is 0.519. The molecule has 0 saturated heterocycles. The Morgan fingerprint density at radius 3 is 2.79 bits per heavy atom. The van der Waals surface area contributed by atoms with Crippen molar-refractivity contribution in [3.05, 3.63) is 11.6 Å². The number of nitrogens with zero attached hydrogens (tertiary/aromatic N) is 1. The zero-order valence-electron chi connectivity index (χ0n) is 9.71. The van der Waals surface area contributed by atoms with Gasteiger partial charge in [-0.1, -0.05) is 18.6 Å². The van der Waals surface area contributed by atoms with Crippen molar-refractivity contribution in [3.8, 4) is 0 Å². The second kappa shape index (κ2) is 4.94. The second-order valence-electron chi connectivity index (χ2n) is 4.83. The lowest BCUT2D eigenvalue weighted by Crippen LogP contribution is -2.30. The second-order valence-corrected chi connectivity index (χ2v) is 4.83. The van der Waals surface area contributed by atoms with Crippen molar-refractivity contribution in [1.29, 1.82) is 0 Å². The molecule has 14 heavy (non-hydrogen) atoms. The molecule has 1 heterocycles. The van der Waals surface area contributed by atoms with Crippen LogP contribution >= 0.6 is 0 Å². The number of rotatable bonds is 4. The van der Waals surface area contributed by atoms with Gasteiger partial charge in [0.15, 0.2) is 0 Å². The fourth-order valence-corrected chi connectivity index (χ4v) is 1.80. The van der Waals surface area contributed by atoms with E-state index in [-0.39, 0.29) is 0 Å². The first-order valence-electron chi connectivity index (χ1n) is 5.64. The van der Waals surface area contributed by atoms with E-state index in [4.69, 9.17) is 0 Å². The van der Waals surface area contributed by atoms with E-state index in [0.29, 0.717) is 0 Å². The van der Waals surface area contributed by atoms with Gasteiger partial charge in [0.2, 0.25) is 0 Å². The Morgan fingerprint density at radius 1 is 1.50 bits per heavy atom. The van der Waals surface area contributed by atoms with Gasteiger partial charge < -0.3 is 5.11 Å². The summed E-state index contributed by atoms with van der Waals surface area (Å²) in [6.45, 7) is 9.41. The first kappa shape index (κ1) is 11.7. The van der Waals surface area contributed by atoms with E-state index in [1.807, 2.05) is 13.8 Å². The largest absolute Gasteiger partial charge is 0.390 e. The molecular weight excluding hydrogens is 174 g/mol. The monoisotopic (exact) mass is 197 g/mol. The van der Waals surface area contributed by atoms with Gasteiger partial charge in [-0.2, -0.15) is 0 Å². The Labute approximate surface area is 87.6 Å². The smallest absolute Gasteiger partial charge is 0.0594 e. The van der Waals surface area contributed by atoms with E-state index >= 15 is 0 Å². The van der Waals surface area contributed by atoms with E-state index in [1.54, 1.807) is 0 Å². The molecule has 0 atom stereocenters. The maximum atomic E-state index is 9.63. The minimum Gasteiger partial charge on any atom is -0.390 e. The third-order valence-corrected chi connectivity index (χ3v) is 2.81. The van der Waals surface area contributed by atoms with Crippen LogP contribution in [0.1, 0.15) is 40.0 Å². The van der Waals surface area contributed by atoms with E-state index in [9.17, 15) is 5.11 Å². The molecule has 0 spiro atoms. The predicted molar refractivity (Wildman–Crippen MR) is 60.3 cm³/mol. The lowest BCUT2D eigenvalue weighted by molar-refractivity contribution is 0.0706. The van der Waals surface area contributed by atoms with Crippen LogP contribution in [-0.4, -0.2) is 35.2 Å². The van der Waals surface area contributed by atoms with Gasteiger partial charge in [0, 0.05) is 13.1 Å². The van der Waals surface area contributed by atoms with Crippen LogP contribution in [0.4, 0.5) is 0 Å². The summed E-state index contributed by atoms with van der Waals surface area (Å²) < 4.78 is 0. The fraction of sp³-hybridized carbons (Fsp3) is 0.833. The van der Waals surface area contributed by atoms with E-state index < -0.39 is 5.60 Å². The fourth-order valence-electron chi connectivity index (χ4n) is 1.80. The maximum Gasteiger partial charge on any atom is 0.0594 e. The number of aliphatic hydroxyl groups is 1. The molecule has 2 nitrogen and oxygen atoms in total. The molecule has 0 radical (unpaired) electrons. The summed E-state index contributed by atoms with van der Waals surface area (Å²) in [5.74, 6) is 0. The van der Waals surface area contributed by atoms with Crippen LogP contribution < -0.4 is 0 Å². The first-order chi connectivity index (χ1) is 6.51. The van der Waals surface area contributed by atoms with Crippen molar-refractivity contribution in [2.45, 2.75) is 45.6 Å². The van der Waals surface area contributed by atoms with Gasteiger partial charge in [-0.25, -0.2) is 0 Å². The van der Waals surface area contributed by atoms with Gasteiger partial charge in [-0.05, 0) is 39.7 Å². The van der Waals surface area contributed by atoms with Gasteiger partial charge in [0.25, 0.3) is 0 Å². The molecule has 0 bridgehead atoms. The van der Waals surface area contributed by atoms with Crippen molar-refractivity contribution in [2.24, 2.45) is 0 Å². The molecule has 1 aliphatic rings. The standard InChI is InChI=1S/C12H23NO/c1-4-13-9-5-6-11(10-13)7-8-12(2,3)14/h6,14H,4-5,7-10H2,1-3H3. The molecule has 0 aromatic carbocycles. The van der Waals surface area contributed by atoms with Gasteiger partial charge in [0.1, 0.15) is 0 Å². The molecule has 82 valence electrons. The van der Waals surface area contributed by atoms with Gasteiger partial charge >= 0.3 is 0 Å². The van der Waals surface area contributed by atoms with Crippen LogP contribution in [0.2, 0.25) is 0 Å². The Balaban J connectivity index is 2.34. The third kappa shape index (κ3) is 4.25. The summed E-state index contributed by atoms with van der Waals surface area (Å²) in [7, 11) is 0. The first-order valence-corrected chi connectivity index (χ1v) is 5.64. The van der Waals surface area contributed by atoms with E-state index in [2.05, 4.69) is 17.9 Å². The van der Waals surface area contributed by atoms with Crippen molar-refractivity contribution in [1.82, 2.24) is 4.90 Å². The highest BCUT2D eigenvalue weighted by Crippen LogP contribution is 2.19. The number of hydrogen-bond donors (Lipinski definition) is 1. The van der Waals surface area contributed by atoms with Crippen molar-refractivity contribution >= 4 is 0 Å². The average molecular weight is 197 g/mol. The summed E-state index contributed by atoms with van der Waals surface area (Å²) in [5.41, 5.74) is 0.982. The molecule has 1 aliphatic heterocycles. The van der Waals surface area contributed by atoms with Crippen LogP contribution in [0.3, 0.4) is 0 Å². The Hall–Kier alpha value is -0.340. The summed E-state index contributed by atoms with van der Waals surface area (Å²) in [4.78, 5) is 2.46. The van der Waals surface area contributed by atoms with E-state index in [0.717, 1.165) is 25.9 Å². The molecule has 0 aliphatic carbocycles. The molecule has 1 rings (SSSR count). The predicted octanol–water partition coefficient (Wildman–Crippen LogP) is 2.19. The summed E-state index contributed by atoms with van der Waals surface area (Å²) >= 11 is 0. The van der Waals surface area contributed by atoms with E-state index in [1.165, 1.54) is 18.5 Å². The normalized spacial score (nSPS) is 19.6. The average Bonchev–Trinajstić information content (AvgIpc) is 2.14. The molecule has 1 N–H and O–H groups in total. The van der Waals surface area contributed by atoms with Crippen LogP contribution in [0.25, 0.3) is 0 Å². The van der Waals surface area contributed by atoms with Crippen LogP contribution in [0.5, 0.6) is 0 Å². The minimum atomic E-state index is -0.519. The highest BCUT2D eigenvalue weighted by molar-refractivity contribution is 5.08. The Kier molecular flexibility index (Phi) is 4.14. The molecule has 2 heteroatoms. The Bertz CT molecular complexity index is 203. The Morgan fingerprint density at radius 2 is 2.21 bits per heavy atom. The zero-order valence-corrected chi connectivity index (χ0v) is 9.71. The molecule has 0 saturated carbocycles. The highest BCUT2D eigenvalue weighted by atomic mass is 16.3. The lowest BCUT2D eigenvalue weighted by Gasteiger charge is -2.27. The molecule has 0 unspecified atom stereocenters. The summed E-state index contributed by atoms with van der Waals surface area (Å²) in [6.07, 6.45) is 5.43. The molecule has 0 amide bonds. The number of likely N-dealkylation sites (N-methyl/N-ethyl adjacent to an activating group) is 1. The van der Waals surface area contributed by atoms with Crippen molar-refractivity contribution in [3.63, 3.8) is 0 Å². The van der Waals surface area contributed by atoms with Crippen LogP contribution in [-0.2, 0) is 0 Å². The van der Waals surface area contributed by atoms with Crippen molar-refractivity contribution < 1.29 is 5.11 Å². The lowest BCUT2D eigenvalue weighted by atomic mass is 9.96. The zero-order chi connectivity index (χ0) is 10.6. The molecular formula is C12H23NO. The number of hydrogen-bond acceptors (Lipinski definition) is 2. The van der Waals surface area contributed by atoms with Gasteiger partial charge in [-0.15, -0.1) is 0 Å². The highest BCUT2D eigenvalue weighted by Gasteiger charge is 2.15. The molecule has 0 aromatic rings. The van der Waals surface area contributed by atoms with Crippen LogP contribution in [0.15, 0.2) is 11.6 Å². The molecule has 0 fully saturated rings. The van der Waals surface area contributed by atoms with Crippen molar-refractivity contribution in [2.75, 3.05) is 19.6 Å². The quantitative estimate of drug-likeness (QED) is 0.698. The van der Waals surface area contributed by atoms with Gasteiger partial charge in [-0.3, -0.25) is 4.90 Å².